The molecule has 4 saturated carbocycles. The Hall–Kier alpha value is -3.11. The number of benzene rings is 2. The number of hydrogen-bond donors (Lipinski definition) is 3. The zero-order valence-corrected chi connectivity index (χ0v) is 21.8. The number of carboxylic acid groups (broad SMARTS) is 1. The van der Waals surface area contributed by atoms with Gasteiger partial charge in [-0.2, -0.15) is 13.2 Å². The molecule has 4 aliphatic rings. The van der Waals surface area contributed by atoms with E-state index in [2.05, 4.69) is 5.32 Å². The van der Waals surface area contributed by atoms with Crippen LogP contribution in [-0.4, -0.2) is 33.7 Å². The summed E-state index contributed by atoms with van der Waals surface area (Å²) in [5.41, 5.74) is -1.71. The number of halogens is 3. The average molecular weight is 560 g/mol. The highest BCUT2D eigenvalue weighted by Gasteiger charge is 2.61. The predicted molar refractivity (Wildman–Crippen MR) is 139 cm³/mol. The first-order valence-corrected chi connectivity index (χ1v) is 13.9. The van der Waals surface area contributed by atoms with Gasteiger partial charge < -0.3 is 20.3 Å². The maximum atomic E-state index is 13.6. The van der Waals surface area contributed by atoms with E-state index in [0.717, 1.165) is 23.3 Å². The molecule has 1 amide bonds. The van der Waals surface area contributed by atoms with E-state index in [4.69, 9.17) is 4.74 Å². The van der Waals surface area contributed by atoms with Crippen LogP contribution in [-0.2, 0) is 17.6 Å². The van der Waals surface area contributed by atoms with Gasteiger partial charge in [-0.3, -0.25) is 4.79 Å². The molecule has 10 heteroatoms. The maximum Gasteiger partial charge on any atom is 0.416 e. The normalized spacial score (nSPS) is 28.4. The summed E-state index contributed by atoms with van der Waals surface area (Å²) in [4.78, 5) is 26.2. The second kappa shape index (κ2) is 9.23. The van der Waals surface area contributed by atoms with Gasteiger partial charge in [0.25, 0.3) is 5.91 Å². The smallest absolute Gasteiger partial charge is 0.416 e. The standard InChI is InChI=1S/C29H28F3NO5S/c30-29(31,32)19-3-1-16(2-4-19)14-38-23-20-7-8-39-22(20)6-5-21(23)25(34)33-24(26(35)36)27-10-17-9-18(11-27)13-28(37,12-17)15-27/h1-8,17-18,24,37H,9-15H2,(H,33,34)(H,35,36). The molecule has 0 spiro atoms. The fourth-order valence-corrected chi connectivity index (χ4v) is 8.39. The number of aliphatic hydroxyl groups is 1. The summed E-state index contributed by atoms with van der Waals surface area (Å²) in [6.07, 6.45) is -0.426. The summed E-state index contributed by atoms with van der Waals surface area (Å²) in [6, 6.07) is 8.60. The van der Waals surface area contributed by atoms with Crippen LogP contribution in [0.3, 0.4) is 0 Å². The van der Waals surface area contributed by atoms with E-state index in [9.17, 15) is 33.0 Å². The molecule has 3 N–H and O–H groups in total. The van der Waals surface area contributed by atoms with Crippen molar-refractivity contribution in [2.24, 2.45) is 17.3 Å². The Labute approximate surface area is 226 Å². The van der Waals surface area contributed by atoms with Crippen molar-refractivity contribution < 1.29 is 37.7 Å². The number of alkyl halides is 3. The van der Waals surface area contributed by atoms with Crippen molar-refractivity contribution >= 4 is 33.3 Å². The van der Waals surface area contributed by atoms with E-state index < -0.39 is 40.7 Å². The zero-order valence-electron chi connectivity index (χ0n) is 21.0. The average Bonchev–Trinajstić information content (AvgIpc) is 3.33. The zero-order chi connectivity index (χ0) is 27.6. The van der Waals surface area contributed by atoms with E-state index in [1.807, 2.05) is 5.38 Å². The van der Waals surface area contributed by atoms with Gasteiger partial charge in [-0.1, -0.05) is 12.1 Å². The number of rotatable bonds is 7. The Morgan fingerprint density at radius 2 is 1.74 bits per heavy atom. The molecule has 0 saturated heterocycles. The number of hydrogen-bond acceptors (Lipinski definition) is 5. The molecule has 2 aromatic carbocycles. The molecule has 1 aromatic heterocycles. The second-order valence-electron chi connectivity index (χ2n) is 11.6. The van der Waals surface area contributed by atoms with Crippen LogP contribution >= 0.6 is 11.3 Å². The van der Waals surface area contributed by atoms with Crippen molar-refractivity contribution in [1.29, 1.82) is 0 Å². The molecule has 3 atom stereocenters. The molecule has 4 bridgehead atoms. The van der Waals surface area contributed by atoms with Gasteiger partial charge in [0, 0.05) is 15.5 Å². The number of amides is 1. The van der Waals surface area contributed by atoms with Crippen LogP contribution in [0.15, 0.2) is 47.8 Å². The van der Waals surface area contributed by atoms with Gasteiger partial charge in [-0.05, 0) is 91.6 Å². The van der Waals surface area contributed by atoms with Crippen LogP contribution in [0.1, 0.15) is 60.0 Å². The molecule has 4 aliphatic carbocycles. The highest BCUT2D eigenvalue weighted by atomic mass is 32.1. The number of nitrogens with one attached hydrogen (secondary N) is 1. The number of fused-ring (bicyclic) bond motifs is 1. The molecule has 6 nitrogen and oxygen atoms in total. The van der Waals surface area contributed by atoms with Crippen molar-refractivity contribution in [1.82, 2.24) is 5.32 Å². The minimum atomic E-state index is -4.44. The van der Waals surface area contributed by atoms with Crippen LogP contribution in [0.25, 0.3) is 10.1 Å². The third kappa shape index (κ3) is 4.78. The number of carboxylic acids is 1. The first kappa shape index (κ1) is 26.1. The van der Waals surface area contributed by atoms with Gasteiger partial charge in [0.2, 0.25) is 0 Å². The quantitative estimate of drug-likeness (QED) is 0.329. The Morgan fingerprint density at radius 1 is 1.05 bits per heavy atom. The molecular formula is C29H28F3NO5S. The fraction of sp³-hybridized carbons (Fsp3) is 0.448. The lowest BCUT2D eigenvalue weighted by molar-refractivity contribution is -0.181. The molecule has 206 valence electrons. The van der Waals surface area contributed by atoms with Gasteiger partial charge in [0.1, 0.15) is 18.4 Å². The summed E-state index contributed by atoms with van der Waals surface area (Å²) in [7, 11) is 0. The van der Waals surface area contributed by atoms with E-state index in [1.54, 1.807) is 18.2 Å². The first-order chi connectivity index (χ1) is 18.4. The lowest BCUT2D eigenvalue weighted by atomic mass is 9.46. The third-order valence-electron chi connectivity index (χ3n) is 8.71. The van der Waals surface area contributed by atoms with Crippen LogP contribution in [0, 0.1) is 17.3 Å². The number of carbonyl (C=O) groups is 2. The number of ether oxygens (including phenoxy) is 1. The lowest BCUT2D eigenvalue weighted by Gasteiger charge is -2.61. The number of carbonyl (C=O) groups excluding carboxylic acids is 1. The van der Waals surface area contributed by atoms with Crippen LogP contribution in [0.2, 0.25) is 0 Å². The maximum absolute atomic E-state index is 13.6. The SMILES string of the molecule is O=C(NC(C(=O)O)C12CC3CC(CC(O)(C3)C1)C2)c1ccc2sccc2c1OCc1ccc(C(F)(F)F)cc1. The summed E-state index contributed by atoms with van der Waals surface area (Å²) in [5, 5.41) is 26.7. The Kier molecular flexibility index (Phi) is 6.18. The molecule has 4 fully saturated rings. The molecule has 7 rings (SSSR count). The first-order valence-electron chi connectivity index (χ1n) is 13.0. The van der Waals surface area contributed by atoms with Gasteiger partial charge in [-0.25, -0.2) is 4.79 Å². The van der Waals surface area contributed by atoms with Crippen molar-refractivity contribution in [3.8, 4) is 5.75 Å². The Bertz CT molecular complexity index is 1420. The number of aliphatic carboxylic acids is 1. The van der Waals surface area contributed by atoms with Gasteiger partial charge in [0.15, 0.2) is 0 Å². The van der Waals surface area contributed by atoms with Crippen LogP contribution < -0.4 is 10.1 Å². The minimum absolute atomic E-state index is 0.0733. The van der Waals surface area contributed by atoms with E-state index in [0.29, 0.717) is 43.1 Å². The largest absolute Gasteiger partial charge is 0.487 e. The van der Waals surface area contributed by atoms with Gasteiger partial charge >= 0.3 is 12.1 Å². The van der Waals surface area contributed by atoms with Crippen LogP contribution in [0.5, 0.6) is 5.75 Å². The van der Waals surface area contributed by atoms with Gasteiger partial charge in [0.05, 0.1) is 16.7 Å². The Morgan fingerprint density at radius 3 is 2.36 bits per heavy atom. The van der Waals surface area contributed by atoms with E-state index >= 15 is 0 Å². The second-order valence-corrected chi connectivity index (χ2v) is 12.5. The number of thiophene rings is 1. The molecule has 0 aliphatic heterocycles. The monoisotopic (exact) mass is 559 g/mol. The van der Waals surface area contributed by atoms with Crippen molar-refractivity contribution in [3.63, 3.8) is 0 Å². The van der Waals surface area contributed by atoms with E-state index in [1.165, 1.54) is 23.5 Å². The van der Waals surface area contributed by atoms with Crippen molar-refractivity contribution in [2.75, 3.05) is 0 Å². The summed E-state index contributed by atoms with van der Waals surface area (Å²) in [5.74, 6) is -0.975. The highest BCUT2D eigenvalue weighted by molar-refractivity contribution is 7.17. The predicted octanol–water partition coefficient (Wildman–Crippen LogP) is 6.01. The molecule has 0 radical (unpaired) electrons. The highest BCUT2D eigenvalue weighted by Crippen LogP contribution is 2.62. The molecule has 3 aromatic rings. The van der Waals surface area contributed by atoms with Crippen molar-refractivity contribution in [3.05, 3.63) is 64.5 Å². The molecule has 1 heterocycles. The minimum Gasteiger partial charge on any atom is -0.487 e. The summed E-state index contributed by atoms with van der Waals surface area (Å²) in [6.45, 7) is -0.0733. The lowest BCUT2D eigenvalue weighted by Crippen LogP contribution is -2.64. The molecular weight excluding hydrogens is 531 g/mol. The molecule has 39 heavy (non-hydrogen) atoms. The molecule has 3 unspecified atom stereocenters. The van der Waals surface area contributed by atoms with Crippen LogP contribution in [0.4, 0.5) is 13.2 Å². The van der Waals surface area contributed by atoms with E-state index in [-0.39, 0.29) is 29.8 Å². The van der Waals surface area contributed by atoms with Crippen molar-refractivity contribution in [2.45, 2.75) is 63.0 Å². The summed E-state index contributed by atoms with van der Waals surface area (Å²) >= 11 is 1.45. The third-order valence-corrected chi connectivity index (χ3v) is 9.59. The topological polar surface area (TPSA) is 95.9 Å². The summed E-state index contributed by atoms with van der Waals surface area (Å²) < 4.78 is 45.7. The fourth-order valence-electron chi connectivity index (χ4n) is 7.60. The van der Waals surface area contributed by atoms with Gasteiger partial charge in [-0.15, -0.1) is 11.3 Å². The Balaban J connectivity index is 1.27.